The standard InChI is InChI=1S/C14H18FN3O/c1-14(19,12-8-17-18(2)9-12)10-16-7-11-3-5-13(15)6-4-11/h3-6,8-9,16,19H,7,10H2,1-2H3. The van der Waals surface area contributed by atoms with Crippen molar-refractivity contribution in [3.63, 3.8) is 0 Å². The fourth-order valence-corrected chi connectivity index (χ4v) is 1.85. The number of aryl methyl sites for hydroxylation is 1. The van der Waals surface area contributed by atoms with Gasteiger partial charge in [-0.3, -0.25) is 4.68 Å². The molecule has 1 aromatic heterocycles. The Morgan fingerprint density at radius 2 is 2.05 bits per heavy atom. The summed E-state index contributed by atoms with van der Waals surface area (Å²) in [6.45, 7) is 2.72. The van der Waals surface area contributed by atoms with Gasteiger partial charge in [0.2, 0.25) is 0 Å². The van der Waals surface area contributed by atoms with E-state index in [4.69, 9.17) is 0 Å². The molecule has 1 atom stereocenters. The number of rotatable bonds is 5. The summed E-state index contributed by atoms with van der Waals surface area (Å²) in [5.74, 6) is -0.244. The normalized spacial score (nSPS) is 14.3. The van der Waals surface area contributed by atoms with Crippen molar-refractivity contribution >= 4 is 0 Å². The molecule has 0 fully saturated rings. The van der Waals surface area contributed by atoms with Gasteiger partial charge in [0.1, 0.15) is 11.4 Å². The third-order valence-corrected chi connectivity index (χ3v) is 3.04. The van der Waals surface area contributed by atoms with Gasteiger partial charge in [0.25, 0.3) is 0 Å². The maximum atomic E-state index is 12.8. The van der Waals surface area contributed by atoms with Crippen LogP contribution < -0.4 is 5.32 Å². The quantitative estimate of drug-likeness (QED) is 0.860. The second kappa shape index (κ2) is 5.50. The molecule has 4 nitrogen and oxygen atoms in total. The van der Waals surface area contributed by atoms with Crippen molar-refractivity contribution in [2.24, 2.45) is 7.05 Å². The van der Waals surface area contributed by atoms with E-state index in [1.165, 1.54) is 12.1 Å². The molecule has 1 heterocycles. The smallest absolute Gasteiger partial charge is 0.123 e. The average molecular weight is 263 g/mol. The molecular formula is C14H18FN3O. The third-order valence-electron chi connectivity index (χ3n) is 3.04. The minimum Gasteiger partial charge on any atom is -0.384 e. The molecule has 0 amide bonds. The fourth-order valence-electron chi connectivity index (χ4n) is 1.85. The van der Waals surface area contributed by atoms with Crippen molar-refractivity contribution in [2.45, 2.75) is 19.1 Å². The van der Waals surface area contributed by atoms with Crippen LogP contribution in [0.25, 0.3) is 0 Å². The Balaban J connectivity index is 1.89. The highest BCUT2D eigenvalue weighted by molar-refractivity contribution is 5.17. The highest BCUT2D eigenvalue weighted by atomic mass is 19.1. The zero-order chi connectivity index (χ0) is 13.9. The summed E-state index contributed by atoms with van der Waals surface area (Å²) in [5, 5.41) is 17.6. The summed E-state index contributed by atoms with van der Waals surface area (Å²) in [6.07, 6.45) is 3.44. The zero-order valence-corrected chi connectivity index (χ0v) is 11.1. The van der Waals surface area contributed by atoms with Crippen molar-refractivity contribution in [3.8, 4) is 0 Å². The maximum Gasteiger partial charge on any atom is 0.123 e. The topological polar surface area (TPSA) is 50.1 Å². The number of nitrogens with zero attached hydrogens (tertiary/aromatic N) is 2. The molecule has 5 heteroatoms. The number of aliphatic hydroxyl groups is 1. The largest absolute Gasteiger partial charge is 0.384 e. The Hall–Kier alpha value is -1.72. The van der Waals surface area contributed by atoms with E-state index in [9.17, 15) is 9.50 Å². The van der Waals surface area contributed by atoms with Crippen molar-refractivity contribution in [2.75, 3.05) is 6.54 Å². The Labute approximate surface area is 111 Å². The summed E-state index contributed by atoms with van der Waals surface area (Å²) < 4.78 is 14.4. The van der Waals surface area contributed by atoms with E-state index in [2.05, 4.69) is 10.4 Å². The van der Waals surface area contributed by atoms with Crippen LogP contribution in [0.1, 0.15) is 18.1 Å². The SMILES string of the molecule is Cn1cc(C(C)(O)CNCc2ccc(F)cc2)cn1. The monoisotopic (exact) mass is 263 g/mol. The van der Waals surface area contributed by atoms with Gasteiger partial charge in [-0.05, 0) is 24.6 Å². The number of hydrogen-bond acceptors (Lipinski definition) is 3. The Bertz CT molecular complexity index is 534. The summed E-state index contributed by atoms with van der Waals surface area (Å²) >= 11 is 0. The molecule has 1 unspecified atom stereocenters. The number of hydrogen-bond donors (Lipinski definition) is 2. The van der Waals surface area contributed by atoms with Crippen molar-refractivity contribution < 1.29 is 9.50 Å². The summed E-state index contributed by atoms with van der Waals surface area (Å²) in [6, 6.07) is 6.30. The van der Waals surface area contributed by atoms with E-state index in [-0.39, 0.29) is 5.82 Å². The summed E-state index contributed by atoms with van der Waals surface area (Å²) in [4.78, 5) is 0. The lowest BCUT2D eigenvalue weighted by Crippen LogP contribution is -2.34. The molecule has 0 radical (unpaired) electrons. The summed E-state index contributed by atoms with van der Waals surface area (Å²) in [5.41, 5.74) is 0.763. The molecule has 2 aromatic rings. The number of benzene rings is 1. The molecule has 0 bridgehead atoms. The first-order valence-electron chi connectivity index (χ1n) is 6.14. The van der Waals surface area contributed by atoms with Gasteiger partial charge in [-0.25, -0.2) is 4.39 Å². The molecule has 0 saturated carbocycles. The molecule has 0 aliphatic heterocycles. The van der Waals surface area contributed by atoms with Crippen LogP contribution in [0.2, 0.25) is 0 Å². The average Bonchev–Trinajstić information content (AvgIpc) is 2.79. The molecular weight excluding hydrogens is 245 g/mol. The van der Waals surface area contributed by atoms with Crippen molar-refractivity contribution in [3.05, 3.63) is 53.6 Å². The molecule has 0 spiro atoms. The molecule has 19 heavy (non-hydrogen) atoms. The third kappa shape index (κ3) is 3.62. The van der Waals surface area contributed by atoms with E-state index in [0.29, 0.717) is 13.1 Å². The second-order valence-electron chi connectivity index (χ2n) is 4.91. The van der Waals surface area contributed by atoms with Crippen LogP contribution in [0.4, 0.5) is 4.39 Å². The molecule has 2 rings (SSSR count). The molecule has 0 aliphatic carbocycles. The van der Waals surface area contributed by atoms with Crippen LogP contribution in [0.5, 0.6) is 0 Å². The Morgan fingerprint density at radius 1 is 1.37 bits per heavy atom. The van der Waals surface area contributed by atoms with Gasteiger partial charge in [-0.1, -0.05) is 12.1 Å². The lowest BCUT2D eigenvalue weighted by molar-refractivity contribution is 0.0566. The van der Waals surface area contributed by atoms with Gasteiger partial charge in [0, 0.05) is 31.9 Å². The van der Waals surface area contributed by atoms with Gasteiger partial charge in [-0.2, -0.15) is 5.10 Å². The van der Waals surface area contributed by atoms with Crippen LogP contribution in [0.3, 0.4) is 0 Å². The molecule has 1 aromatic carbocycles. The Morgan fingerprint density at radius 3 is 2.63 bits per heavy atom. The van der Waals surface area contributed by atoms with Gasteiger partial charge < -0.3 is 10.4 Å². The Kier molecular flexibility index (Phi) is 3.97. The number of halogens is 1. The molecule has 102 valence electrons. The van der Waals surface area contributed by atoms with Gasteiger partial charge in [0.15, 0.2) is 0 Å². The predicted octanol–water partition coefficient (Wildman–Crippen LogP) is 1.56. The van der Waals surface area contributed by atoms with E-state index in [0.717, 1.165) is 11.1 Å². The highest BCUT2D eigenvalue weighted by Gasteiger charge is 2.23. The van der Waals surface area contributed by atoms with Crippen LogP contribution in [-0.2, 0) is 19.2 Å². The second-order valence-corrected chi connectivity index (χ2v) is 4.91. The van der Waals surface area contributed by atoms with Gasteiger partial charge >= 0.3 is 0 Å². The van der Waals surface area contributed by atoms with E-state index in [1.807, 2.05) is 7.05 Å². The first kappa shape index (κ1) is 13.7. The highest BCUT2D eigenvalue weighted by Crippen LogP contribution is 2.18. The molecule has 0 aliphatic rings. The van der Waals surface area contributed by atoms with Crippen LogP contribution in [0, 0.1) is 5.82 Å². The molecule has 2 N–H and O–H groups in total. The minimum absolute atomic E-state index is 0.244. The van der Waals surface area contributed by atoms with Gasteiger partial charge in [-0.15, -0.1) is 0 Å². The number of aromatic nitrogens is 2. The zero-order valence-electron chi connectivity index (χ0n) is 11.1. The van der Waals surface area contributed by atoms with Crippen molar-refractivity contribution in [1.29, 1.82) is 0 Å². The lowest BCUT2D eigenvalue weighted by atomic mass is 9.99. The number of nitrogens with one attached hydrogen (secondary N) is 1. The molecule has 0 saturated heterocycles. The van der Waals surface area contributed by atoms with Crippen molar-refractivity contribution in [1.82, 2.24) is 15.1 Å². The predicted molar refractivity (Wildman–Crippen MR) is 70.9 cm³/mol. The van der Waals surface area contributed by atoms with E-state index >= 15 is 0 Å². The van der Waals surface area contributed by atoms with Gasteiger partial charge in [0.05, 0.1) is 6.20 Å². The minimum atomic E-state index is -0.978. The summed E-state index contributed by atoms with van der Waals surface area (Å²) in [7, 11) is 1.81. The van der Waals surface area contributed by atoms with E-state index in [1.54, 1.807) is 36.1 Å². The maximum absolute atomic E-state index is 12.8. The van der Waals surface area contributed by atoms with Crippen LogP contribution >= 0.6 is 0 Å². The first-order valence-corrected chi connectivity index (χ1v) is 6.14. The van der Waals surface area contributed by atoms with Crippen LogP contribution in [-0.4, -0.2) is 21.4 Å². The fraction of sp³-hybridized carbons (Fsp3) is 0.357. The first-order chi connectivity index (χ1) is 8.97. The van der Waals surface area contributed by atoms with E-state index < -0.39 is 5.60 Å². The van der Waals surface area contributed by atoms with Crippen LogP contribution in [0.15, 0.2) is 36.7 Å². The lowest BCUT2D eigenvalue weighted by Gasteiger charge is -2.22.